The van der Waals surface area contributed by atoms with Crippen LogP contribution < -0.4 is 16.0 Å². The van der Waals surface area contributed by atoms with E-state index in [0.29, 0.717) is 25.4 Å². The zero-order valence-corrected chi connectivity index (χ0v) is 14.2. The number of amides is 1. The van der Waals surface area contributed by atoms with Gasteiger partial charge in [0, 0.05) is 29.4 Å². The minimum Gasteiger partial charge on any atom is -0.459 e. The molecule has 23 heavy (non-hydrogen) atoms. The minimum atomic E-state index is -0.215. The number of hydrogen-bond acceptors (Lipinski definition) is 4. The maximum atomic E-state index is 11.7. The normalized spacial score (nSPS) is 11.3. The van der Waals surface area contributed by atoms with Gasteiger partial charge in [0.1, 0.15) is 0 Å². The highest BCUT2D eigenvalue weighted by Crippen LogP contribution is 2.15. The third-order valence-corrected chi connectivity index (χ3v) is 3.97. The Hall–Kier alpha value is -2.28. The van der Waals surface area contributed by atoms with Gasteiger partial charge in [0.25, 0.3) is 5.91 Å². The third kappa shape index (κ3) is 5.78. The van der Waals surface area contributed by atoms with E-state index in [-0.39, 0.29) is 5.91 Å². The lowest BCUT2D eigenvalue weighted by Crippen LogP contribution is -2.41. The van der Waals surface area contributed by atoms with Crippen molar-refractivity contribution in [2.45, 2.75) is 20.4 Å². The second kappa shape index (κ2) is 8.99. The number of thiophene rings is 1. The SMILES string of the molecule is CCNC(=NCc1ccc(C)s1)NCCNC(=O)c1ccco1. The number of hydrogen-bond donors (Lipinski definition) is 3. The summed E-state index contributed by atoms with van der Waals surface area (Å²) in [4.78, 5) is 18.8. The highest BCUT2D eigenvalue weighted by Gasteiger charge is 2.06. The number of nitrogens with one attached hydrogen (secondary N) is 3. The van der Waals surface area contributed by atoms with Crippen LogP contribution >= 0.6 is 11.3 Å². The van der Waals surface area contributed by atoms with E-state index in [0.717, 1.165) is 12.5 Å². The van der Waals surface area contributed by atoms with Gasteiger partial charge < -0.3 is 20.4 Å². The van der Waals surface area contributed by atoms with E-state index in [1.54, 1.807) is 23.5 Å². The molecule has 0 atom stereocenters. The lowest BCUT2D eigenvalue weighted by molar-refractivity contribution is 0.0926. The first-order valence-electron chi connectivity index (χ1n) is 7.58. The molecule has 0 aliphatic carbocycles. The highest BCUT2D eigenvalue weighted by atomic mass is 32.1. The molecule has 0 aliphatic rings. The predicted octanol–water partition coefficient (Wildman–Crippen LogP) is 2.13. The summed E-state index contributed by atoms with van der Waals surface area (Å²) in [7, 11) is 0. The molecule has 2 aromatic heterocycles. The van der Waals surface area contributed by atoms with Gasteiger partial charge in [-0.1, -0.05) is 0 Å². The molecule has 6 nitrogen and oxygen atoms in total. The van der Waals surface area contributed by atoms with Gasteiger partial charge in [-0.25, -0.2) is 4.99 Å². The van der Waals surface area contributed by atoms with Crippen LogP contribution in [0.4, 0.5) is 0 Å². The van der Waals surface area contributed by atoms with Crippen molar-refractivity contribution in [1.29, 1.82) is 0 Å². The quantitative estimate of drug-likeness (QED) is 0.412. The van der Waals surface area contributed by atoms with Crippen LogP contribution in [-0.4, -0.2) is 31.5 Å². The monoisotopic (exact) mass is 334 g/mol. The molecule has 0 radical (unpaired) electrons. The van der Waals surface area contributed by atoms with Crippen LogP contribution in [0.2, 0.25) is 0 Å². The molecule has 0 saturated carbocycles. The fourth-order valence-electron chi connectivity index (χ4n) is 1.92. The van der Waals surface area contributed by atoms with E-state index in [4.69, 9.17) is 4.42 Å². The summed E-state index contributed by atoms with van der Waals surface area (Å²) >= 11 is 1.75. The van der Waals surface area contributed by atoms with Gasteiger partial charge in [-0.2, -0.15) is 0 Å². The van der Waals surface area contributed by atoms with Crippen molar-refractivity contribution >= 4 is 23.2 Å². The Kier molecular flexibility index (Phi) is 6.68. The molecule has 0 bridgehead atoms. The Balaban J connectivity index is 1.74. The minimum absolute atomic E-state index is 0.215. The number of carbonyl (C=O) groups is 1. The van der Waals surface area contributed by atoms with Gasteiger partial charge in [0.05, 0.1) is 12.8 Å². The maximum absolute atomic E-state index is 11.7. The van der Waals surface area contributed by atoms with Gasteiger partial charge in [-0.15, -0.1) is 11.3 Å². The van der Waals surface area contributed by atoms with Crippen molar-refractivity contribution in [3.8, 4) is 0 Å². The molecule has 0 aromatic carbocycles. The zero-order valence-electron chi connectivity index (χ0n) is 13.4. The highest BCUT2D eigenvalue weighted by molar-refractivity contribution is 7.11. The molecule has 2 aromatic rings. The first-order valence-corrected chi connectivity index (χ1v) is 8.40. The molecule has 0 fully saturated rings. The number of nitrogens with zero attached hydrogens (tertiary/aromatic N) is 1. The van der Waals surface area contributed by atoms with Crippen molar-refractivity contribution in [3.05, 3.63) is 46.0 Å². The molecule has 0 spiro atoms. The van der Waals surface area contributed by atoms with E-state index in [1.807, 2.05) is 6.92 Å². The molecule has 0 unspecified atom stereocenters. The smallest absolute Gasteiger partial charge is 0.287 e. The zero-order chi connectivity index (χ0) is 16.5. The van der Waals surface area contributed by atoms with E-state index in [9.17, 15) is 4.79 Å². The summed E-state index contributed by atoms with van der Waals surface area (Å²) in [6.45, 7) is 6.61. The lowest BCUT2D eigenvalue weighted by atomic mass is 10.4. The van der Waals surface area contributed by atoms with Gasteiger partial charge in [-0.3, -0.25) is 4.79 Å². The topological polar surface area (TPSA) is 78.7 Å². The Morgan fingerprint density at radius 3 is 2.70 bits per heavy atom. The summed E-state index contributed by atoms with van der Waals surface area (Å²) in [6.07, 6.45) is 1.48. The molecule has 2 heterocycles. The van der Waals surface area contributed by atoms with E-state index >= 15 is 0 Å². The van der Waals surface area contributed by atoms with E-state index in [2.05, 4.69) is 40.0 Å². The van der Waals surface area contributed by atoms with Gasteiger partial charge in [-0.05, 0) is 38.1 Å². The molecule has 7 heteroatoms. The van der Waals surface area contributed by atoms with Crippen LogP contribution in [0.3, 0.4) is 0 Å². The predicted molar refractivity (Wildman–Crippen MR) is 92.9 cm³/mol. The summed E-state index contributed by atoms with van der Waals surface area (Å²) in [5.74, 6) is 0.845. The fourth-order valence-corrected chi connectivity index (χ4v) is 2.74. The first-order chi connectivity index (χ1) is 11.2. The third-order valence-electron chi connectivity index (χ3n) is 2.98. The number of carbonyl (C=O) groups excluding carboxylic acids is 1. The van der Waals surface area contributed by atoms with Crippen LogP contribution in [0.1, 0.15) is 27.2 Å². The molecular formula is C16H22N4O2S. The largest absolute Gasteiger partial charge is 0.459 e. The average molecular weight is 334 g/mol. The molecule has 0 aliphatic heterocycles. The van der Waals surface area contributed by atoms with Crippen molar-refractivity contribution in [3.63, 3.8) is 0 Å². The second-order valence-electron chi connectivity index (χ2n) is 4.87. The van der Waals surface area contributed by atoms with Crippen LogP contribution in [0, 0.1) is 6.92 Å². The van der Waals surface area contributed by atoms with Crippen molar-refractivity contribution in [1.82, 2.24) is 16.0 Å². The lowest BCUT2D eigenvalue weighted by Gasteiger charge is -2.11. The van der Waals surface area contributed by atoms with Crippen LogP contribution in [0.5, 0.6) is 0 Å². The summed E-state index contributed by atoms with van der Waals surface area (Å²) in [5, 5.41) is 9.17. The van der Waals surface area contributed by atoms with E-state index < -0.39 is 0 Å². The number of furan rings is 1. The molecular weight excluding hydrogens is 312 g/mol. The van der Waals surface area contributed by atoms with Crippen molar-refractivity contribution in [2.24, 2.45) is 4.99 Å². The van der Waals surface area contributed by atoms with Crippen molar-refractivity contribution in [2.75, 3.05) is 19.6 Å². The molecule has 0 saturated heterocycles. The molecule has 3 N–H and O–H groups in total. The van der Waals surface area contributed by atoms with Crippen LogP contribution in [0.25, 0.3) is 0 Å². The number of rotatable bonds is 7. The van der Waals surface area contributed by atoms with Crippen LogP contribution in [0.15, 0.2) is 39.9 Å². The van der Waals surface area contributed by atoms with Gasteiger partial charge in [0.2, 0.25) is 0 Å². The van der Waals surface area contributed by atoms with Crippen LogP contribution in [-0.2, 0) is 6.54 Å². The molecule has 2 rings (SSSR count). The van der Waals surface area contributed by atoms with Crippen molar-refractivity contribution < 1.29 is 9.21 Å². The second-order valence-corrected chi connectivity index (χ2v) is 6.24. The number of aliphatic imine (C=N–C) groups is 1. The standard InChI is InChI=1S/C16H22N4O2S/c1-3-17-16(20-11-13-7-6-12(2)23-13)19-9-8-18-15(21)14-5-4-10-22-14/h4-7,10H,3,8-9,11H2,1-2H3,(H,18,21)(H2,17,19,20). The Labute approximate surface area is 140 Å². The number of aryl methyl sites for hydroxylation is 1. The summed E-state index contributed by atoms with van der Waals surface area (Å²) < 4.78 is 5.03. The fraction of sp³-hybridized carbons (Fsp3) is 0.375. The summed E-state index contributed by atoms with van der Waals surface area (Å²) in [5.41, 5.74) is 0. The Bertz CT molecular complexity index is 634. The Morgan fingerprint density at radius 1 is 1.22 bits per heavy atom. The average Bonchev–Trinajstić information content (AvgIpc) is 3.20. The summed E-state index contributed by atoms with van der Waals surface area (Å²) in [6, 6.07) is 7.52. The number of guanidine groups is 1. The molecule has 124 valence electrons. The maximum Gasteiger partial charge on any atom is 0.287 e. The Morgan fingerprint density at radius 2 is 2.04 bits per heavy atom. The molecule has 1 amide bonds. The van der Waals surface area contributed by atoms with Gasteiger partial charge in [0.15, 0.2) is 11.7 Å². The first kappa shape index (κ1) is 17.1. The van der Waals surface area contributed by atoms with E-state index in [1.165, 1.54) is 16.0 Å². The van der Waals surface area contributed by atoms with Gasteiger partial charge >= 0.3 is 0 Å².